The van der Waals surface area contributed by atoms with Crippen molar-refractivity contribution in [3.8, 4) is 11.8 Å². The normalized spacial score (nSPS) is 25.8. The molecule has 2 aromatic carbocycles. The molecular formula is C17H15ClN2O3S. The van der Waals surface area contributed by atoms with Crippen LogP contribution in [0, 0.1) is 11.3 Å². The molecule has 3 atom stereocenters. The number of halogens is 1. The first-order chi connectivity index (χ1) is 11.3. The highest BCUT2D eigenvalue weighted by Crippen LogP contribution is 2.55. The molecule has 0 spiro atoms. The number of nitriles is 1. The van der Waals surface area contributed by atoms with Crippen LogP contribution in [0.25, 0.3) is 0 Å². The monoisotopic (exact) mass is 362 g/mol. The van der Waals surface area contributed by atoms with Gasteiger partial charge in [-0.25, -0.2) is 8.42 Å². The fraction of sp³-hybridized carbons (Fsp3) is 0.235. The lowest BCUT2D eigenvalue weighted by Gasteiger charge is -2.05. The smallest absolute Gasteiger partial charge is 0.184 e. The Morgan fingerprint density at radius 3 is 2.25 bits per heavy atom. The highest BCUT2D eigenvalue weighted by Gasteiger charge is 2.70. The van der Waals surface area contributed by atoms with E-state index in [9.17, 15) is 13.7 Å². The first-order valence-corrected chi connectivity index (χ1v) is 9.10. The molecule has 1 aliphatic rings. The van der Waals surface area contributed by atoms with Crippen LogP contribution in [0.5, 0.6) is 5.75 Å². The number of ether oxygens (including phenoxy) is 1. The minimum absolute atomic E-state index is 0.109. The Kier molecular flexibility index (Phi) is 4.04. The molecule has 0 bridgehead atoms. The minimum Gasteiger partial charge on any atom is -0.497 e. The van der Waals surface area contributed by atoms with Gasteiger partial charge in [0, 0.05) is 10.9 Å². The maximum absolute atomic E-state index is 12.9. The van der Waals surface area contributed by atoms with Gasteiger partial charge >= 0.3 is 0 Å². The predicted octanol–water partition coefficient (Wildman–Crippen LogP) is 2.51. The maximum Gasteiger partial charge on any atom is 0.184 e. The van der Waals surface area contributed by atoms with Gasteiger partial charge in [-0.2, -0.15) is 5.26 Å². The minimum atomic E-state index is -3.75. The van der Waals surface area contributed by atoms with Crippen molar-refractivity contribution in [2.75, 3.05) is 7.11 Å². The molecule has 0 aromatic heterocycles. The Hall–Kier alpha value is -2.07. The van der Waals surface area contributed by atoms with E-state index in [1.54, 1.807) is 31.4 Å². The van der Waals surface area contributed by atoms with Crippen LogP contribution in [-0.4, -0.2) is 26.3 Å². The quantitative estimate of drug-likeness (QED) is 0.901. The van der Waals surface area contributed by atoms with Gasteiger partial charge < -0.3 is 10.5 Å². The lowest BCUT2D eigenvalue weighted by atomic mass is 10.1. The van der Waals surface area contributed by atoms with Gasteiger partial charge in [-0.3, -0.25) is 0 Å². The van der Waals surface area contributed by atoms with Gasteiger partial charge in [-0.05, 0) is 42.0 Å². The van der Waals surface area contributed by atoms with Crippen LogP contribution >= 0.6 is 11.6 Å². The third-order valence-electron chi connectivity index (χ3n) is 4.32. The topological polar surface area (TPSA) is 93.2 Å². The lowest BCUT2D eigenvalue weighted by molar-refractivity contribution is 0.414. The van der Waals surface area contributed by atoms with Crippen LogP contribution in [0.3, 0.4) is 0 Å². The van der Waals surface area contributed by atoms with Crippen LogP contribution < -0.4 is 10.5 Å². The SMILES string of the molecule is COc1ccc(C2C(S(=O)(=O)c3ccc(Cl)cc3)C2(N)C#N)cc1. The second-order valence-corrected chi connectivity index (χ2v) is 8.22. The van der Waals surface area contributed by atoms with Crippen molar-refractivity contribution in [3.63, 3.8) is 0 Å². The van der Waals surface area contributed by atoms with E-state index in [1.165, 1.54) is 24.3 Å². The third kappa shape index (κ3) is 2.55. The zero-order chi connectivity index (χ0) is 17.5. The van der Waals surface area contributed by atoms with Crippen LogP contribution in [0.1, 0.15) is 11.5 Å². The molecule has 7 heteroatoms. The summed E-state index contributed by atoms with van der Waals surface area (Å²) in [6.07, 6.45) is 0. The number of hydrogen-bond acceptors (Lipinski definition) is 5. The molecule has 0 saturated heterocycles. The summed E-state index contributed by atoms with van der Waals surface area (Å²) in [5.41, 5.74) is 5.34. The van der Waals surface area contributed by atoms with Crippen molar-refractivity contribution < 1.29 is 13.2 Å². The molecule has 2 N–H and O–H groups in total. The number of rotatable bonds is 4. The highest BCUT2D eigenvalue weighted by atomic mass is 35.5. The molecule has 5 nitrogen and oxygen atoms in total. The van der Waals surface area contributed by atoms with E-state index in [4.69, 9.17) is 22.1 Å². The first kappa shape index (κ1) is 16.8. The van der Waals surface area contributed by atoms with Gasteiger partial charge in [-0.1, -0.05) is 23.7 Å². The fourth-order valence-electron chi connectivity index (χ4n) is 2.98. The molecule has 3 rings (SSSR count). The number of nitrogens with zero attached hydrogens (tertiary/aromatic N) is 1. The molecule has 0 heterocycles. The van der Waals surface area contributed by atoms with E-state index in [-0.39, 0.29) is 4.90 Å². The van der Waals surface area contributed by atoms with Crippen molar-refractivity contribution in [3.05, 3.63) is 59.1 Å². The van der Waals surface area contributed by atoms with Crippen molar-refractivity contribution in [1.29, 1.82) is 5.26 Å². The maximum atomic E-state index is 12.9. The lowest BCUT2D eigenvalue weighted by Crippen LogP contribution is -2.29. The standard InChI is InChI=1S/C17H15ClN2O3S/c1-23-13-6-2-11(3-7-13)15-16(17(15,20)10-19)24(21,22)14-8-4-12(18)5-9-14/h2-9,15-16H,20H2,1H3. The zero-order valence-electron chi connectivity index (χ0n) is 12.8. The van der Waals surface area contributed by atoms with Crippen molar-refractivity contribution in [1.82, 2.24) is 0 Å². The molecule has 24 heavy (non-hydrogen) atoms. The van der Waals surface area contributed by atoms with Gasteiger partial charge in [-0.15, -0.1) is 0 Å². The molecule has 1 aliphatic carbocycles. The van der Waals surface area contributed by atoms with E-state index < -0.39 is 26.5 Å². The molecular weight excluding hydrogens is 348 g/mol. The number of hydrogen-bond donors (Lipinski definition) is 1. The summed E-state index contributed by atoms with van der Waals surface area (Å²) in [6, 6.07) is 14.7. The van der Waals surface area contributed by atoms with Crippen molar-refractivity contribution in [2.24, 2.45) is 5.73 Å². The summed E-state index contributed by atoms with van der Waals surface area (Å²) in [6.45, 7) is 0. The summed E-state index contributed by atoms with van der Waals surface area (Å²) in [5.74, 6) is 0.0603. The fourth-order valence-corrected chi connectivity index (χ4v) is 5.29. The molecule has 1 saturated carbocycles. The average Bonchev–Trinajstić information content (AvgIpc) is 3.23. The Bertz CT molecular complexity index is 904. The first-order valence-electron chi connectivity index (χ1n) is 7.18. The molecule has 124 valence electrons. The van der Waals surface area contributed by atoms with Crippen LogP contribution in [-0.2, 0) is 9.84 Å². The Labute approximate surface area is 145 Å². The van der Waals surface area contributed by atoms with E-state index in [1.807, 2.05) is 6.07 Å². The molecule has 0 radical (unpaired) electrons. The summed E-state index contributed by atoms with van der Waals surface area (Å²) >= 11 is 5.81. The van der Waals surface area contributed by atoms with Crippen LogP contribution in [0.4, 0.5) is 0 Å². The van der Waals surface area contributed by atoms with Crippen LogP contribution in [0.2, 0.25) is 5.02 Å². The van der Waals surface area contributed by atoms with E-state index in [0.717, 1.165) is 0 Å². The van der Waals surface area contributed by atoms with Crippen LogP contribution in [0.15, 0.2) is 53.4 Å². The highest BCUT2D eigenvalue weighted by molar-refractivity contribution is 7.92. The molecule has 2 aromatic rings. The van der Waals surface area contributed by atoms with E-state index in [2.05, 4.69) is 0 Å². The summed E-state index contributed by atoms with van der Waals surface area (Å²) < 4.78 is 30.9. The molecule has 1 fully saturated rings. The molecule has 0 aliphatic heterocycles. The van der Waals surface area contributed by atoms with Gasteiger partial charge in [0.25, 0.3) is 0 Å². The van der Waals surface area contributed by atoms with Gasteiger partial charge in [0.15, 0.2) is 9.84 Å². The predicted molar refractivity (Wildman–Crippen MR) is 90.7 cm³/mol. The second kappa shape index (κ2) is 5.78. The number of sulfone groups is 1. The van der Waals surface area contributed by atoms with Gasteiger partial charge in [0.2, 0.25) is 0 Å². The average molecular weight is 363 g/mol. The summed E-state index contributed by atoms with van der Waals surface area (Å²) in [7, 11) is -2.21. The summed E-state index contributed by atoms with van der Waals surface area (Å²) in [5, 5.41) is 8.88. The van der Waals surface area contributed by atoms with Gasteiger partial charge in [0.05, 0.1) is 18.1 Å². The number of nitrogens with two attached hydrogens (primary N) is 1. The third-order valence-corrected chi connectivity index (χ3v) is 6.84. The largest absolute Gasteiger partial charge is 0.497 e. The molecule has 3 unspecified atom stereocenters. The van der Waals surface area contributed by atoms with Crippen molar-refractivity contribution >= 4 is 21.4 Å². The molecule has 0 amide bonds. The Balaban J connectivity index is 2.00. The van der Waals surface area contributed by atoms with Gasteiger partial charge in [0.1, 0.15) is 16.5 Å². The zero-order valence-corrected chi connectivity index (χ0v) is 14.4. The van der Waals surface area contributed by atoms with E-state index >= 15 is 0 Å². The van der Waals surface area contributed by atoms with E-state index in [0.29, 0.717) is 16.3 Å². The second-order valence-electron chi connectivity index (χ2n) is 5.72. The van der Waals surface area contributed by atoms with Crippen molar-refractivity contribution in [2.45, 2.75) is 21.6 Å². The summed E-state index contributed by atoms with van der Waals surface area (Å²) in [4.78, 5) is 0.109. The Morgan fingerprint density at radius 1 is 1.17 bits per heavy atom. The Morgan fingerprint density at radius 2 is 1.75 bits per heavy atom. The number of methoxy groups -OCH3 is 1. The number of benzene rings is 2.